The minimum Gasteiger partial charge on any atom is -0.387 e. The Morgan fingerprint density at radius 3 is 1.79 bits per heavy atom. The number of hydrogen-bond donors (Lipinski definition) is 2. The summed E-state index contributed by atoms with van der Waals surface area (Å²) in [6.45, 7) is 4.72. The Kier molecular flexibility index (Phi) is 2.91. The Balaban J connectivity index is 3.10. The summed E-state index contributed by atoms with van der Waals surface area (Å²) in [5.41, 5.74) is -1.83. The minimum absolute atomic E-state index is 0.611. The molecule has 1 aromatic rings. The molecule has 1 atom stereocenters. The Morgan fingerprint density at radius 1 is 1.00 bits per heavy atom. The lowest BCUT2D eigenvalue weighted by molar-refractivity contribution is -0.125. The average Bonchev–Trinajstić information content (AvgIpc) is 2.03. The van der Waals surface area contributed by atoms with E-state index in [0.717, 1.165) is 0 Å². The zero-order valence-corrected chi connectivity index (χ0v) is 9.34. The summed E-state index contributed by atoms with van der Waals surface area (Å²) < 4.78 is 0. The summed E-state index contributed by atoms with van der Waals surface area (Å²) in [5, 5.41) is 20.5. The van der Waals surface area contributed by atoms with Crippen molar-refractivity contribution in [2.45, 2.75) is 32.0 Å². The van der Waals surface area contributed by atoms with Crippen LogP contribution in [0.5, 0.6) is 0 Å². The summed E-state index contributed by atoms with van der Waals surface area (Å²) in [4.78, 5) is 0. The molecule has 3 heteroatoms. The van der Waals surface area contributed by atoms with Crippen LogP contribution >= 0.6 is 11.6 Å². The lowest BCUT2D eigenvalue weighted by Gasteiger charge is -2.36. The van der Waals surface area contributed by atoms with Crippen molar-refractivity contribution in [1.82, 2.24) is 0 Å². The molecule has 1 rings (SSSR count). The third-order valence-corrected chi connectivity index (χ3v) is 2.85. The third-order valence-electron chi connectivity index (χ3n) is 2.60. The summed E-state index contributed by atoms with van der Waals surface area (Å²) in [5.74, 6) is 0. The Morgan fingerprint density at radius 2 is 1.43 bits per heavy atom. The standard InChI is InChI=1S/C11H15ClO2/c1-10(2,13)11(3,14)8-4-6-9(12)7-5-8/h4-7,13-14H,1-3H3/t11-/m1/s1. The lowest BCUT2D eigenvalue weighted by atomic mass is 9.82. The van der Waals surface area contributed by atoms with E-state index in [1.807, 2.05) is 0 Å². The van der Waals surface area contributed by atoms with E-state index in [1.165, 1.54) is 0 Å². The molecule has 0 aliphatic carbocycles. The highest BCUT2D eigenvalue weighted by Gasteiger charge is 2.38. The fourth-order valence-corrected chi connectivity index (χ4v) is 1.25. The molecule has 0 amide bonds. The SMILES string of the molecule is CC(C)(O)[C@](C)(O)c1ccc(Cl)cc1. The molecule has 2 nitrogen and oxygen atoms in total. The maximum Gasteiger partial charge on any atom is 0.115 e. The highest BCUT2D eigenvalue weighted by Crippen LogP contribution is 2.32. The van der Waals surface area contributed by atoms with Crippen LogP contribution in [0, 0.1) is 0 Å². The van der Waals surface area contributed by atoms with Gasteiger partial charge in [0.25, 0.3) is 0 Å². The van der Waals surface area contributed by atoms with Crippen LogP contribution in [-0.4, -0.2) is 15.8 Å². The van der Waals surface area contributed by atoms with Crippen LogP contribution in [0.15, 0.2) is 24.3 Å². The first-order valence-electron chi connectivity index (χ1n) is 4.46. The molecule has 78 valence electrons. The molecule has 0 heterocycles. The van der Waals surface area contributed by atoms with Crippen LogP contribution in [0.1, 0.15) is 26.3 Å². The average molecular weight is 215 g/mol. The lowest BCUT2D eigenvalue weighted by Crippen LogP contribution is -2.44. The zero-order chi connectivity index (χ0) is 11.0. The second-order valence-corrected chi connectivity index (χ2v) is 4.57. The molecule has 0 fully saturated rings. The van der Waals surface area contributed by atoms with Crippen molar-refractivity contribution in [2.24, 2.45) is 0 Å². The Labute approximate surface area is 89.1 Å². The largest absolute Gasteiger partial charge is 0.387 e. The van der Waals surface area contributed by atoms with E-state index in [2.05, 4.69) is 0 Å². The van der Waals surface area contributed by atoms with Gasteiger partial charge in [-0.05, 0) is 38.5 Å². The maximum absolute atomic E-state index is 10.1. The van der Waals surface area contributed by atoms with E-state index < -0.39 is 11.2 Å². The Bertz CT molecular complexity index is 309. The van der Waals surface area contributed by atoms with E-state index >= 15 is 0 Å². The van der Waals surface area contributed by atoms with Gasteiger partial charge in [-0.2, -0.15) is 0 Å². The molecule has 14 heavy (non-hydrogen) atoms. The first-order chi connectivity index (χ1) is 6.25. The maximum atomic E-state index is 10.1. The molecule has 0 unspecified atom stereocenters. The predicted octanol–water partition coefficient (Wildman–Crippen LogP) is 2.32. The molecule has 0 radical (unpaired) electrons. The quantitative estimate of drug-likeness (QED) is 0.793. The fraction of sp³-hybridized carbons (Fsp3) is 0.455. The summed E-state index contributed by atoms with van der Waals surface area (Å²) in [7, 11) is 0. The normalized spacial score (nSPS) is 16.4. The van der Waals surface area contributed by atoms with Gasteiger partial charge in [-0.3, -0.25) is 0 Å². The molecule has 0 aliphatic heterocycles. The van der Waals surface area contributed by atoms with Crippen LogP contribution in [-0.2, 0) is 5.60 Å². The second kappa shape index (κ2) is 3.54. The van der Waals surface area contributed by atoms with Gasteiger partial charge in [0.15, 0.2) is 0 Å². The van der Waals surface area contributed by atoms with Crippen molar-refractivity contribution in [3.05, 3.63) is 34.9 Å². The molecule has 2 N–H and O–H groups in total. The fourth-order valence-electron chi connectivity index (χ4n) is 1.13. The van der Waals surface area contributed by atoms with Crippen molar-refractivity contribution in [3.8, 4) is 0 Å². The van der Waals surface area contributed by atoms with Gasteiger partial charge in [0.1, 0.15) is 5.60 Å². The van der Waals surface area contributed by atoms with E-state index in [1.54, 1.807) is 45.0 Å². The zero-order valence-electron chi connectivity index (χ0n) is 8.58. The van der Waals surface area contributed by atoms with E-state index in [9.17, 15) is 10.2 Å². The first-order valence-corrected chi connectivity index (χ1v) is 4.84. The molecular formula is C11H15ClO2. The van der Waals surface area contributed by atoms with E-state index in [-0.39, 0.29) is 0 Å². The molecule has 0 bridgehead atoms. The molecule has 0 aromatic heterocycles. The third kappa shape index (κ3) is 2.08. The number of benzene rings is 1. The molecule has 1 aromatic carbocycles. The molecule has 0 aliphatic rings. The summed E-state index contributed by atoms with van der Waals surface area (Å²) >= 11 is 5.73. The molecule has 0 saturated carbocycles. The smallest absolute Gasteiger partial charge is 0.115 e. The van der Waals surface area contributed by atoms with Crippen LogP contribution < -0.4 is 0 Å². The van der Waals surface area contributed by atoms with Gasteiger partial charge < -0.3 is 10.2 Å². The van der Waals surface area contributed by atoms with Gasteiger partial charge in [0, 0.05) is 5.02 Å². The minimum atomic E-state index is -1.28. The summed E-state index contributed by atoms with van der Waals surface area (Å²) in [6, 6.07) is 6.80. The van der Waals surface area contributed by atoms with Crippen molar-refractivity contribution >= 4 is 11.6 Å². The monoisotopic (exact) mass is 214 g/mol. The predicted molar refractivity (Wildman–Crippen MR) is 57.3 cm³/mol. The van der Waals surface area contributed by atoms with Crippen molar-refractivity contribution in [2.75, 3.05) is 0 Å². The molecular weight excluding hydrogens is 200 g/mol. The second-order valence-electron chi connectivity index (χ2n) is 4.14. The van der Waals surface area contributed by atoms with Crippen molar-refractivity contribution in [3.63, 3.8) is 0 Å². The van der Waals surface area contributed by atoms with E-state index in [4.69, 9.17) is 11.6 Å². The van der Waals surface area contributed by atoms with Crippen LogP contribution in [0.2, 0.25) is 5.02 Å². The molecule has 0 spiro atoms. The number of rotatable bonds is 2. The number of hydrogen-bond acceptors (Lipinski definition) is 2. The highest BCUT2D eigenvalue weighted by molar-refractivity contribution is 6.30. The topological polar surface area (TPSA) is 40.5 Å². The van der Waals surface area contributed by atoms with Gasteiger partial charge in [-0.25, -0.2) is 0 Å². The summed E-state index contributed by atoms with van der Waals surface area (Å²) in [6.07, 6.45) is 0. The van der Waals surface area contributed by atoms with Gasteiger partial charge >= 0.3 is 0 Å². The number of halogens is 1. The highest BCUT2D eigenvalue weighted by atomic mass is 35.5. The van der Waals surface area contributed by atoms with Gasteiger partial charge in [0.05, 0.1) is 5.60 Å². The van der Waals surface area contributed by atoms with Crippen molar-refractivity contribution < 1.29 is 10.2 Å². The van der Waals surface area contributed by atoms with Gasteiger partial charge in [0.2, 0.25) is 0 Å². The van der Waals surface area contributed by atoms with Crippen LogP contribution in [0.25, 0.3) is 0 Å². The van der Waals surface area contributed by atoms with Gasteiger partial charge in [-0.15, -0.1) is 0 Å². The Hall–Kier alpha value is -0.570. The molecule has 0 saturated heterocycles. The first kappa shape index (κ1) is 11.5. The number of aliphatic hydroxyl groups is 2. The van der Waals surface area contributed by atoms with Crippen LogP contribution in [0.3, 0.4) is 0 Å². The van der Waals surface area contributed by atoms with E-state index in [0.29, 0.717) is 10.6 Å². The van der Waals surface area contributed by atoms with Gasteiger partial charge in [-0.1, -0.05) is 23.7 Å². The van der Waals surface area contributed by atoms with Crippen LogP contribution in [0.4, 0.5) is 0 Å². The van der Waals surface area contributed by atoms with Crippen molar-refractivity contribution in [1.29, 1.82) is 0 Å².